The predicted molar refractivity (Wildman–Crippen MR) is 99.0 cm³/mol. The van der Waals surface area contributed by atoms with Crippen molar-refractivity contribution in [3.63, 3.8) is 0 Å². The normalized spacial score (nSPS) is 11.8. The minimum Gasteiger partial charge on any atom is -0.492 e. The van der Waals surface area contributed by atoms with Crippen molar-refractivity contribution < 1.29 is 4.74 Å². The Balaban J connectivity index is 2.15. The van der Waals surface area contributed by atoms with E-state index in [-0.39, 0.29) is 5.54 Å². The van der Waals surface area contributed by atoms with Crippen LogP contribution < -0.4 is 16.2 Å². The zero-order valence-electron chi connectivity index (χ0n) is 14.4. The van der Waals surface area contributed by atoms with E-state index in [2.05, 4.69) is 10.6 Å². The molecule has 0 saturated carbocycles. The van der Waals surface area contributed by atoms with Gasteiger partial charge in [-0.2, -0.15) is 0 Å². The molecule has 0 saturated heterocycles. The molecule has 0 spiro atoms. The molecule has 0 bridgehead atoms. The van der Waals surface area contributed by atoms with E-state index in [1.165, 1.54) is 0 Å². The largest absolute Gasteiger partial charge is 0.492 e. The lowest BCUT2D eigenvalue weighted by Crippen LogP contribution is -2.37. The maximum absolute atomic E-state index is 6.26. The molecule has 0 amide bonds. The number of imidazole rings is 1. The first kappa shape index (κ1) is 16.3. The van der Waals surface area contributed by atoms with Crippen molar-refractivity contribution in [1.82, 2.24) is 9.55 Å². The molecular formula is C19H24N4O. The monoisotopic (exact) mass is 324 g/mol. The van der Waals surface area contributed by atoms with Gasteiger partial charge in [-0.05, 0) is 51.1 Å². The predicted octanol–water partition coefficient (Wildman–Crippen LogP) is 3.42. The first-order valence-electron chi connectivity index (χ1n) is 8.16. The van der Waals surface area contributed by atoms with Gasteiger partial charge < -0.3 is 20.8 Å². The Bertz CT molecular complexity index is 861. The van der Waals surface area contributed by atoms with E-state index >= 15 is 0 Å². The van der Waals surface area contributed by atoms with Crippen LogP contribution in [0, 0.1) is 0 Å². The number of nitrogens with two attached hydrogens (primary N) is 2. The summed E-state index contributed by atoms with van der Waals surface area (Å²) >= 11 is 0. The number of benzene rings is 2. The van der Waals surface area contributed by atoms with E-state index in [0.717, 1.165) is 22.4 Å². The maximum atomic E-state index is 6.26. The average molecular weight is 324 g/mol. The van der Waals surface area contributed by atoms with Gasteiger partial charge in [-0.15, -0.1) is 0 Å². The molecule has 4 N–H and O–H groups in total. The molecule has 0 aliphatic rings. The Morgan fingerprint density at radius 3 is 2.58 bits per heavy atom. The van der Waals surface area contributed by atoms with Crippen LogP contribution in [0.2, 0.25) is 0 Å². The minimum absolute atomic E-state index is 0.352. The van der Waals surface area contributed by atoms with Crippen molar-refractivity contribution in [2.24, 2.45) is 5.73 Å². The standard InChI is InChI=1S/C19H24N4O/c1-4-24-17-10-9-13(11-14(17)20)18-22-15-7-5-6-8-16(15)23(18)12-19(2,3)21/h5-11H,4,12,20-21H2,1-3H3. The Kier molecular flexibility index (Phi) is 4.20. The summed E-state index contributed by atoms with van der Waals surface area (Å²) in [5, 5.41) is 0. The Labute approximate surface area is 142 Å². The first-order chi connectivity index (χ1) is 11.4. The number of anilines is 1. The molecular weight excluding hydrogens is 300 g/mol. The summed E-state index contributed by atoms with van der Waals surface area (Å²) in [4.78, 5) is 4.79. The number of hydrogen-bond donors (Lipinski definition) is 2. The van der Waals surface area contributed by atoms with Crippen LogP contribution in [0.1, 0.15) is 20.8 Å². The van der Waals surface area contributed by atoms with Crippen molar-refractivity contribution in [1.29, 1.82) is 0 Å². The van der Waals surface area contributed by atoms with Crippen LogP contribution in [0.25, 0.3) is 22.4 Å². The molecule has 1 heterocycles. The molecule has 126 valence electrons. The highest BCUT2D eigenvalue weighted by Gasteiger charge is 2.19. The van der Waals surface area contributed by atoms with Crippen LogP contribution in [0.5, 0.6) is 5.75 Å². The number of ether oxygens (including phenoxy) is 1. The van der Waals surface area contributed by atoms with E-state index < -0.39 is 0 Å². The topological polar surface area (TPSA) is 79.1 Å². The highest BCUT2D eigenvalue weighted by atomic mass is 16.5. The lowest BCUT2D eigenvalue weighted by molar-refractivity contribution is 0.342. The second kappa shape index (κ2) is 6.17. The Hall–Kier alpha value is -2.53. The molecule has 3 rings (SSSR count). The highest BCUT2D eigenvalue weighted by molar-refractivity contribution is 5.81. The van der Waals surface area contributed by atoms with Gasteiger partial charge in [0.15, 0.2) is 0 Å². The van der Waals surface area contributed by atoms with Crippen LogP contribution in [-0.2, 0) is 6.54 Å². The fraction of sp³-hybridized carbons (Fsp3) is 0.316. The number of aromatic nitrogens is 2. The van der Waals surface area contributed by atoms with Gasteiger partial charge in [0.05, 0.1) is 23.3 Å². The molecule has 24 heavy (non-hydrogen) atoms. The van der Waals surface area contributed by atoms with E-state index in [9.17, 15) is 0 Å². The summed E-state index contributed by atoms with van der Waals surface area (Å²) < 4.78 is 7.68. The Morgan fingerprint density at radius 1 is 1.17 bits per heavy atom. The smallest absolute Gasteiger partial charge is 0.142 e. The van der Waals surface area contributed by atoms with Crippen molar-refractivity contribution >= 4 is 16.7 Å². The maximum Gasteiger partial charge on any atom is 0.142 e. The number of nitrogens with zero attached hydrogens (tertiary/aromatic N) is 2. The van der Waals surface area contributed by atoms with E-state index in [0.29, 0.717) is 24.6 Å². The summed E-state index contributed by atoms with van der Waals surface area (Å²) in [5.41, 5.74) is 15.6. The third-order valence-electron chi connectivity index (χ3n) is 3.79. The summed E-state index contributed by atoms with van der Waals surface area (Å²) in [5.74, 6) is 1.56. The number of hydrogen-bond acceptors (Lipinski definition) is 4. The summed E-state index contributed by atoms with van der Waals surface area (Å²) in [7, 11) is 0. The van der Waals surface area contributed by atoms with Gasteiger partial charge in [0, 0.05) is 17.6 Å². The molecule has 1 aromatic heterocycles. The number of rotatable bonds is 5. The number of fused-ring (bicyclic) bond motifs is 1. The zero-order valence-corrected chi connectivity index (χ0v) is 14.4. The molecule has 2 aromatic carbocycles. The number of para-hydroxylation sites is 2. The molecule has 0 aliphatic heterocycles. The lowest BCUT2D eigenvalue weighted by atomic mass is 10.1. The van der Waals surface area contributed by atoms with E-state index in [1.54, 1.807) is 0 Å². The fourth-order valence-electron chi connectivity index (χ4n) is 2.84. The molecule has 3 aromatic rings. The Morgan fingerprint density at radius 2 is 1.92 bits per heavy atom. The highest BCUT2D eigenvalue weighted by Crippen LogP contribution is 2.31. The van der Waals surface area contributed by atoms with Gasteiger partial charge in [-0.25, -0.2) is 4.98 Å². The second-order valence-corrected chi connectivity index (χ2v) is 6.68. The molecule has 5 heteroatoms. The van der Waals surface area contributed by atoms with Gasteiger partial charge in [-0.3, -0.25) is 0 Å². The minimum atomic E-state index is -0.352. The van der Waals surface area contributed by atoms with Crippen LogP contribution in [0.15, 0.2) is 42.5 Å². The van der Waals surface area contributed by atoms with E-state index in [1.807, 2.05) is 57.2 Å². The SMILES string of the molecule is CCOc1ccc(-c2nc3ccccc3n2CC(C)(C)N)cc1N. The molecule has 0 aliphatic carbocycles. The zero-order chi connectivity index (χ0) is 17.3. The summed E-state index contributed by atoms with van der Waals surface area (Å²) in [6.45, 7) is 7.21. The van der Waals surface area contributed by atoms with Crippen molar-refractivity contribution in [2.75, 3.05) is 12.3 Å². The van der Waals surface area contributed by atoms with Crippen LogP contribution in [0.4, 0.5) is 5.69 Å². The average Bonchev–Trinajstić information content (AvgIpc) is 2.87. The van der Waals surface area contributed by atoms with Crippen molar-refractivity contribution in [2.45, 2.75) is 32.9 Å². The van der Waals surface area contributed by atoms with Gasteiger partial charge in [-0.1, -0.05) is 12.1 Å². The molecule has 0 unspecified atom stereocenters. The van der Waals surface area contributed by atoms with Gasteiger partial charge in [0.25, 0.3) is 0 Å². The molecule has 5 nitrogen and oxygen atoms in total. The molecule has 0 radical (unpaired) electrons. The third-order valence-corrected chi connectivity index (χ3v) is 3.79. The van der Waals surface area contributed by atoms with Crippen LogP contribution in [0.3, 0.4) is 0 Å². The second-order valence-electron chi connectivity index (χ2n) is 6.68. The van der Waals surface area contributed by atoms with Crippen molar-refractivity contribution in [3.05, 3.63) is 42.5 Å². The first-order valence-corrected chi connectivity index (χ1v) is 8.16. The van der Waals surface area contributed by atoms with Crippen LogP contribution in [-0.4, -0.2) is 21.7 Å². The third kappa shape index (κ3) is 3.21. The molecule has 0 fully saturated rings. The lowest BCUT2D eigenvalue weighted by Gasteiger charge is -2.21. The van der Waals surface area contributed by atoms with Crippen molar-refractivity contribution in [3.8, 4) is 17.1 Å². The summed E-state index contributed by atoms with van der Waals surface area (Å²) in [6.07, 6.45) is 0. The van der Waals surface area contributed by atoms with Gasteiger partial charge in [0.1, 0.15) is 11.6 Å². The fourth-order valence-corrected chi connectivity index (χ4v) is 2.84. The van der Waals surface area contributed by atoms with E-state index in [4.69, 9.17) is 21.2 Å². The summed E-state index contributed by atoms with van der Waals surface area (Å²) in [6, 6.07) is 13.9. The van der Waals surface area contributed by atoms with Crippen LogP contribution >= 0.6 is 0 Å². The number of nitrogen functional groups attached to an aromatic ring is 1. The molecule has 0 atom stereocenters. The van der Waals surface area contributed by atoms with Gasteiger partial charge in [0.2, 0.25) is 0 Å². The van der Waals surface area contributed by atoms with Gasteiger partial charge >= 0.3 is 0 Å². The quantitative estimate of drug-likeness (QED) is 0.705.